The van der Waals surface area contributed by atoms with Crippen molar-refractivity contribution in [2.75, 3.05) is 0 Å². The van der Waals surface area contributed by atoms with Crippen LogP contribution in [0, 0.1) is 5.41 Å². The van der Waals surface area contributed by atoms with Gasteiger partial charge in [-0.3, -0.25) is 5.41 Å². The van der Waals surface area contributed by atoms with Crippen LogP contribution in [0.3, 0.4) is 0 Å². The zero-order valence-corrected chi connectivity index (χ0v) is 5.14. The average molecular weight is 130 g/mol. The summed E-state index contributed by atoms with van der Waals surface area (Å²) in [5.74, 6) is -0.103. The zero-order chi connectivity index (χ0) is 7.44. The lowest BCUT2D eigenvalue weighted by molar-refractivity contribution is 0.248. The molecular weight excluding hydrogens is 120 g/mol. The Kier molecular flexibility index (Phi) is 2.50. The van der Waals surface area contributed by atoms with Gasteiger partial charge in [0.2, 0.25) is 0 Å². The first-order valence-electron chi connectivity index (χ1n) is 2.44. The number of nitrogens with one attached hydrogen (secondary N) is 2. The van der Waals surface area contributed by atoms with Crippen molar-refractivity contribution in [3.05, 3.63) is 0 Å². The van der Waals surface area contributed by atoms with E-state index in [1.165, 1.54) is 0 Å². The highest BCUT2D eigenvalue weighted by atomic mass is 16.2. The van der Waals surface area contributed by atoms with Crippen LogP contribution in [0.4, 0.5) is 4.79 Å². The number of amides is 2. The molecule has 1 atom stereocenters. The molecule has 5 heteroatoms. The van der Waals surface area contributed by atoms with Gasteiger partial charge in [0.25, 0.3) is 0 Å². The number of hydrogen-bond acceptors (Lipinski definition) is 2. The van der Waals surface area contributed by atoms with Crippen molar-refractivity contribution in [2.24, 2.45) is 11.5 Å². The first-order chi connectivity index (χ1) is 4.04. The molecule has 0 aromatic rings. The van der Waals surface area contributed by atoms with Crippen LogP contribution in [0.15, 0.2) is 0 Å². The highest BCUT2D eigenvalue weighted by molar-refractivity contribution is 5.86. The summed E-state index contributed by atoms with van der Waals surface area (Å²) in [6.45, 7) is 1.58. The molecule has 2 amide bonds. The SMILES string of the molecule is CC(NC(N)=O)C(=N)N. The molecule has 0 heterocycles. The van der Waals surface area contributed by atoms with E-state index in [0.717, 1.165) is 0 Å². The fourth-order valence-electron chi connectivity index (χ4n) is 0.291. The third-order valence-corrected chi connectivity index (χ3v) is 0.825. The Labute approximate surface area is 52.9 Å². The third kappa shape index (κ3) is 3.33. The van der Waals surface area contributed by atoms with Gasteiger partial charge in [-0.2, -0.15) is 0 Å². The van der Waals surface area contributed by atoms with Crippen molar-refractivity contribution in [1.29, 1.82) is 5.41 Å². The smallest absolute Gasteiger partial charge is 0.312 e. The van der Waals surface area contributed by atoms with Gasteiger partial charge in [-0.15, -0.1) is 0 Å². The predicted octanol–water partition coefficient (Wildman–Crippen LogP) is -1.02. The van der Waals surface area contributed by atoms with E-state index in [2.05, 4.69) is 5.32 Å². The van der Waals surface area contributed by atoms with Gasteiger partial charge >= 0.3 is 6.03 Å². The topological polar surface area (TPSA) is 105 Å². The molecule has 0 aliphatic rings. The van der Waals surface area contributed by atoms with Gasteiger partial charge in [-0.05, 0) is 6.92 Å². The summed E-state index contributed by atoms with van der Waals surface area (Å²) in [6, 6.07) is -1.14. The zero-order valence-electron chi connectivity index (χ0n) is 5.14. The van der Waals surface area contributed by atoms with Gasteiger partial charge in [0.1, 0.15) is 5.84 Å². The molecule has 0 radical (unpaired) electrons. The lowest BCUT2D eigenvalue weighted by atomic mass is 10.3. The van der Waals surface area contributed by atoms with E-state index in [9.17, 15) is 4.79 Å². The van der Waals surface area contributed by atoms with E-state index in [1.54, 1.807) is 6.92 Å². The maximum absolute atomic E-state index is 10.1. The summed E-state index contributed by atoms with van der Waals surface area (Å²) in [4.78, 5) is 10.1. The molecule has 5 nitrogen and oxygen atoms in total. The quantitative estimate of drug-likeness (QED) is 0.284. The van der Waals surface area contributed by atoms with Crippen molar-refractivity contribution < 1.29 is 4.79 Å². The van der Waals surface area contributed by atoms with Crippen LogP contribution in [0.5, 0.6) is 0 Å². The van der Waals surface area contributed by atoms with Crippen LogP contribution in [-0.4, -0.2) is 17.9 Å². The molecule has 0 spiro atoms. The Hall–Kier alpha value is -1.26. The summed E-state index contributed by atoms with van der Waals surface area (Å²) < 4.78 is 0. The number of nitrogens with two attached hydrogens (primary N) is 2. The molecule has 52 valence electrons. The van der Waals surface area contributed by atoms with E-state index in [-0.39, 0.29) is 5.84 Å². The number of primary amides is 1. The van der Waals surface area contributed by atoms with E-state index in [1.807, 2.05) is 0 Å². The van der Waals surface area contributed by atoms with Crippen molar-refractivity contribution in [2.45, 2.75) is 13.0 Å². The Bertz CT molecular complexity index is 133. The number of carbonyl (C=O) groups excluding carboxylic acids is 1. The molecular formula is C4H10N4O. The number of hydrogen-bond donors (Lipinski definition) is 4. The standard InChI is InChI=1S/C4H10N4O/c1-2(3(5)6)8-4(7)9/h2H,1H3,(H3,5,6)(H3,7,8,9). The van der Waals surface area contributed by atoms with E-state index in [4.69, 9.17) is 16.9 Å². The summed E-state index contributed by atoms with van der Waals surface area (Å²) >= 11 is 0. The summed E-state index contributed by atoms with van der Waals surface area (Å²) in [5.41, 5.74) is 9.73. The number of carbonyl (C=O) groups is 1. The first kappa shape index (κ1) is 7.74. The minimum absolute atomic E-state index is 0.103. The Balaban J connectivity index is 3.63. The van der Waals surface area contributed by atoms with Crippen LogP contribution >= 0.6 is 0 Å². The molecule has 1 unspecified atom stereocenters. The van der Waals surface area contributed by atoms with Gasteiger partial charge in [-0.1, -0.05) is 0 Å². The van der Waals surface area contributed by atoms with Gasteiger partial charge in [-0.25, -0.2) is 4.79 Å². The molecule has 0 saturated heterocycles. The minimum atomic E-state index is -0.669. The van der Waals surface area contributed by atoms with Crippen LogP contribution in [0.1, 0.15) is 6.92 Å². The van der Waals surface area contributed by atoms with Crippen molar-refractivity contribution in [3.8, 4) is 0 Å². The largest absolute Gasteiger partial charge is 0.386 e. The molecule has 0 aliphatic heterocycles. The molecule has 0 fully saturated rings. The molecule has 0 aromatic heterocycles. The molecule has 0 aliphatic carbocycles. The molecule has 6 N–H and O–H groups in total. The molecule has 0 aromatic carbocycles. The minimum Gasteiger partial charge on any atom is -0.386 e. The number of rotatable bonds is 2. The van der Waals surface area contributed by atoms with E-state index in [0.29, 0.717) is 0 Å². The van der Waals surface area contributed by atoms with Crippen LogP contribution < -0.4 is 16.8 Å². The van der Waals surface area contributed by atoms with Crippen molar-refractivity contribution >= 4 is 11.9 Å². The summed E-state index contributed by atoms with van der Waals surface area (Å²) in [7, 11) is 0. The summed E-state index contributed by atoms with van der Waals surface area (Å²) in [5, 5.41) is 9.03. The Morgan fingerprint density at radius 3 is 2.22 bits per heavy atom. The Morgan fingerprint density at radius 1 is 1.67 bits per heavy atom. The number of amidine groups is 1. The van der Waals surface area contributed by atoms with Crippen molar-refractivity contribution in [3.63, 3.8) is 0 Å². The van der Waals surface area contributed by atoms with Crippen LogP contribution in [0.25, 0.3) is 0 Å². The molecule has 0 saturated carbocycles. The van der Waals surface area contributed by atoms with E-state index >= 15 is 0 Å². The van der Waals surface area contributed by atoms with Crippen molar-refractivity contribution in [1.82, 2.24) is 5.32 Å². The lowest BCUT2D eigenvalue weighted by Crippen LogP contribution is -2.44. The second-order valence-electron chi connectivity index (χ2n) is 1.69. The maximum Gasteiger partial charge on any atom is 0.312 e. The van der Waals surface area contributed by atoms with E-state index < -0.39 is 12.1 Å². The van der Waals surface area contributed by atoms with Gasteiger partial charge in [0.15, 0.2) is 0 Å². The highest BCUT2D eigenvalue weighted by Gasteiger charge is 2.04. The third-order valence-electron chi connectivity index (χ3n) is 0.825. The molecule has 9 heavy (non-hydrogen) atoms. The lowest BCUT2D eigenvalue weighted by Gasteiger charge is -2.08. The second kappa shape index (κ2) is 2.91. The fourth-order valence-corrected chi connectivity index (χ4v) is 0.291. The van der Waals surface area contributed by atoms with Crippen LogP contribution in [-0.2, 0) is 0 Å². The normalized spacial score (nSPS) is 12.1. The van der Waals surface area contributed by atoms with Gasteiger partial charge in [0.05, 0.1) is 6.04 Å². The van der Waals surface area contributed by atoms with Gasteiger partial charge in [0, 0.05) is 0 Å². The summed E-state index contributed by atoms with van der Waals surface area (Å²) in [6.07, 6.45) is 0. The fraction of sp³-hybridized carbons (Fsp3) is 0.500. The average Bonchev–Trinajstić information content (AvgIpc) is 1.63. The first-order valence-corrected chi connectivity index (χ1v) is 2.44. The Morgan fingerprint density at radius 2 is 2.11 bits per heavy atom. The van der Waals surface area contributed by atoms with Gasteiger partial charge < -0.3 is 16.8 Å². The monoisotopic (exact) mass is 130 g/mol. The molecule has 0 bridgehead atoms. The van der Waals surface area contributed by atoms with Crippen LogP contribution in [0.2, 0.25) is 0 Å². The molecule has 0 rings (SSSR count). The number of urea groups is 1. The second-order valence-corrected chi connectivity index (χ2v) is 1.69. The maximum atomic E-state index is 10.1. The highest BCUT2D eigenvalue weighted by Crippen LogP contribution is 1.75. The predicted molar refractivity (Wildman–Crippen MR) is 34.1 cm³/mol.